The third kappa shape index (κ3) is 1.64. The summed E-state index contributed by atoms with van der Waals surface area (Å²) in [6.45, 7) is 3.40. The van der Waals surface area contributed by atoms with Gasteiger partial charge < -0.3 is 0 Å². The minimum absolute atomic E-state index is 0.901. The molecule has 0 N–H and O–H groups in total. The molecule has 0 saturated heterocycles. The molecule has 0 aliphatic carbocycles. The Morgan fingerprint density at radius 2 is 1.78 bits per heavy atom. The maximum atomic E-state index is 3.74. The molecule has 0 amide bonds. The van der Waals surface area contributed by atoms with E-state index in [0.717, 1.165) is 10.2 Å². The van der Waals surface area contributed by atoms with Gasteiger partial charge in [-0.3, -0.25) is 0 Å². The molecule has 0 heterocycles. The van der Waals surface area contributed by atoms with E-state index in [1.165, 1.54) is 0 Å². The van der Waals surface area contributed by atoms with Gasteiger partial charge in [0.25, 0.3) is 5.69 Å². The van der Waals surface area contributed by atoms with Crippen molar-refractivity contribution in [3.63, 3.8) is 0 Å². The lowest BCUT2D eigenvalue weighted by molar-refractivity contribution is 1.40. The van der Waals surface area contributed by atoms with Crippen molar-refractivity contribution in [3.05, 3.63) is 28.7 Å². The quantitative estimate of drug-likeness (QED) is 0.593. The lowest BCUT2D eigenvalue weighted by Crippen LogP contribution is -1.73. The second-order valence-electron chi connectivity index (χ2n) is 1.63. The highest BCUT2D eigenvalue weighted by atomic mass is 79.9. The van der Waals surface area contributed by atoms with E-state index in [2.05, 4.69) is 27.6 Å². The van der Waals surface area contributed by atoms with Crippen LogP contribution in [0.15, 0.2) is 28.7 Å². The smallest absolute Gasteiger partial charge is 0.0508 e. The van der Waals surface area contributed by atoms with Crippen LogP contribution in [0.3, 0.4) is 0 Å². The first-order valence-corrected chi connectivity index (χ1v) is 3.34. The van der Waals surface area contributed by atoms with Crippen molar-refractivity contribution in [2.24, 2.45) is 0 Å². The molecular weight excluding hydrogens is 178 g/mol. The summed E-state index contributed by atoms with van der Waals surface area (Å²) in [7, 11) is 0. The molecule has 1 aromatic carbocycles. The van der Waals surface area contributed by atoms with Gasteiger partial charge in [-0.05, 0) is 12.1 Å². The zero-order valence-electron chi connectivity index (χ0n) is 4.84. The summed E-state index contributed by atoms with van der Waals surface area (Å²) in [5.74, 6) is 0. The van der Waals surface area contributed by atoms with E-state index in [1.807, 2.05) is 24.3 Å². The topological polar surface area (TPSA) is 14.1 Å². The van der Waals surface area contributed by atoms with Gasteiger partial charge in [-0.15, -0.1) is 0 Å². The zero-order valence-corrected chi connectivity index (χ0v) is 6.43. The molecule has 0 aromatic heterocycles. The van der Waals surface area contributed by atoms with Gasteiger partial charge in [0.2, 0.25) is 6.72 Å². The molecule has 0 fully saturated rings. The number of hydrogen-bond acceptors (Lipinski definition) is 1. The van der Waals surface area contributed by atoms with Crippen LogP contribution in [0.4, 0.5) is 5.69 Å². The number of rotatable bonds is 1. The summed E-state index contributed by atoms with van der Waals surface area (Å²) in [5.41, 5.74) is 0.901. The summed E-state index contributed by atoms with van der Waals surface area (Å²) >= 11 is 3.31. The Morgan fingerprint density at radius 3 is 2.22 bits per heavy atom. The Balaban J connectivity index is 3.01. The van der Waals surface area contributed by atoms with E-state index in [4.69, 9.17) is 0 Å². The van der Waals surface area contributed by atoms with Crippen molar-refractivity contribution in [2.45, 2.75) is 0 Å². The average molecular weight is 184 g/mol. The predicted octanol–water partition coefficient (Wildman–Crippen LogP) is 2.12. The summed E-state index contributed by atoms with van der Waals surface area (Å²) in [5, 5.41) is 0. The SMILES string of the molecule is C=[N+]c1ccc(Br)cc1. The van der Waals surface area contributed by atoms with Crippen LogP contribution in [0.1, 0.15) is 0 Å². The van der Waals surface area contributed by atoms with Crippen LogP contribution in [0.2, 0.25) is 0 Å². The third-order valence-electron chi connectivity index (χ3n) is 1.01. The van der Waals surface area contributed by atoms with Crippen molar-refractivity contribution in [2.75, 3.05) is 0 Å². The van der Waals surface area contributed by atoms with E-state index < -0.39 is 0 Å². The first-order valence-electron chi connectivity index (χ1n) is 2.55. The van der Waals surface area contributed by atoms with Gasteiger partial charge >= 0.3 is 0 Å². The maximum absolute atomic E-state index is 3.74. The minimum atomic E-state index is 0.901. The predicted molar refractivity (Wildman–Crippen MR) is 43.1 cm³/mol. The molecule has 9 heavy (non-hydrogen) atoms. The summed E-state index contributed by atoms with van der Waals surface area (Å²) in [6, 6.07) is 7.67. The Morgan fingerprint density at radius 1 is 1.22 bits per heavy atom. The molecule has 1 aromatic rings. The molecular formula is C7H6BrN+. The zero-order chi connectivity index (χ0) is 6.69. The lowest BCUT2D eigenvalue weighted by atomic mass is 10.3. The summed E-state index contributed by atoms with van der Waals surface area (Å²) < 4.78 is 1.06. The Hall–Kier alpha value is -0.630. The van der Waals surface area contributed by atoms with Crippen LogP contribution in [0.25, 0.3) is 0 Å². The molecule has 45 valence electrons. The number of nitrogens with zero attached hydrogens (tertiary/aromatic N) is 1. The van der Waals surface area contributed by atoms with Crippen molar-refractivity contribution in [3.8, 4) is 0 Å². The van der Waals surface area contributed by atoms with Crippen LogP contribution in [-0.2, 0) is 0 Å². The van der Waals surface area contributed by atoms with Crippen LogP contribution >= 0.6 is 15.9 Å². The Labute approximate surface area is 62.6 Å². The highest BCUT2D eigenvalue weighted by molar-refractivity contribution is 9.10. The molecule has 0 bridgehead atoms. The van der Waals surface area contributed by atoms with E-state index in [9.17, 15) is 0 Å². The first-order chi connectivity index (χ1) is 4.33. The largest absolute Gasteiger partial charge is 0.276 e. The minimum Gasteiger partial charge on any atom is -0.0508 e. The van der Waals surface area contributed by atoms with E-state index in [1.54, 1.807) is 0 Å². The van der Waals surface area contributed by atoms with Crippen molar-refractivity contribution in [1.82, 2.24) is 4.99 Å². The van der Waals surface area contributed by atoms with Gasteiger partial charge in [0.1, 0.15) is 0 Å². The first kappa shape index (κ1) is 6.49. The van der Waals surface area contributed by atoms with Crippen molar-refractivity contribution in [1.29, 1.82) is 0 Å². The number of benzene rings is 1. The molecule has 2 heteroatoms. The van der Waals surface area contributed by atoms with Gasteiger partial charge in [0, 0.05) is 16.6 Å². The highest BCUT2D eigenvalue weighted by Crippen LogP contribution is 2.12. The summed E-state index contributed by atoms with van der Waals surface area (Å²) in [6.07, 6.45) is 0. The third-order valence-corrected chi connectivity index (χ3v) is 1.54. The van der Waals surface area contributed by atoms with Crippen LogP contribution < -0.4 is 4.99 Å². The van der Waals surface area contributed by atoms with Gasteiger partial charge in [-0.2, -0.15) is 0 Å². The molecule has 1 rings (SSSR count). The van der Waals surface area contributed by atoms with Gasteiger partial charge in [-0.25, -0.2) is 0 Å². The number of hydrogen-bond donors (Lipinski definition) is 0. The fourth-order valence-corrected chi connectivity index (χ4v) is 0.811. The van der Waals surface area contributed by atoms with Crippen LogP contribution in [0, 0.1) is 0 Å². The van der Waals surface area contributed by atoms with Crippen LogP contribution in [-0.4, -0.2) is 6.72 Å². The Bertz CT molecular complexity index is 203. The maximum Gasteiger partial charge on any atom is 0.276 e. The van der Waals surface area contributed by atoms with Crippen molar-refractivity contribution >= 4 is 28.3 Å². The lowest BCUT2D eigenvalue weighted by Gasteiger charge is -1.81. The molecule has 0 aliphatic rings. The number of halogens is 1. The fraction of sp³-hybridized carbons (Fsp3) is 0. The second kappa shape index (κ2) is 2.78. The van der Waals surface area contributed by atoms with Crippen LogP contribution in [0.5, 0.6) is 0 Å². The molecule has 1 radical (unpaired) electrons. The van der Waals surface area contributed by atoms with Gasteiger partial charge in [-0.1, -0.05) is 15.9 Å². The number of aliphatic imine (C=N–C) groups is 1. The van der Waals surface area contributed by atoms with Gasteiger partial charge in [0.05, 0.1) is 4.99 Å². The summed E-state index contributed by atoms with van der Waals surface area (Å²) in [4.78, 5) is 3.74. The monoisotopic (exact) mass is 183 g/mol. The molecule has 0 spiro atoms. The van der Waals surface area contributed by atoms with E-state index >= 15 is 0 Å². The van der Waals surface area contributed by atoms with E-state index in [0.29, 0.717) is 0 Å². The highest BCUT2D eigenvalue weighted by Gasteiger charge is 1.95. The molecule has 0 saturated carbocycles. The molecule has 0 aliphatic heterocycles. The van der Waals surface area contributed by atoms with Crippen molar-refractivity contribution < 1.29 is 0 Å². The van der Waals surface area contributed by atoms with E-state index in [-0.39, 0.29) is 0 Å². The molecule has 1 nitrogen and oxygen atoms in total. The molecule has 0 unspecified atom stereocenters. The normalized spacial score (nSPS) is 9.00. The van der Waals surface area contributed by atoms with Gasteiger partial charge in [0.15, 0.2) is 0 Å². The fourth-order valence-electron chi connectivity index (χ4n) is 0.547. The molecule has 0 atom stereocenters. The standard InChI is InChI=1S/C7H6BrN/c1-9-7-4-2-6(8)3-5-7/h2-5H,1H2/q+1. The second-order valence-corrected chi connectivity index (χ2v) is 2.55. The Kier molecular flexibility index (Phi) is 2.01. The average Bonchev–Trinajstić information content (AvgIpc) is 1.90.